The van der Waals surface area contributed by atoms with Crippen LogP contribution in [-0.2, 0) is 21.0 Å². The van der Waals surface area contributed by atoms with E-state index in [1.165, 1.54) is 18.2 Å². The zero-order valence-electron chi connectivity index (χ0n) is 32.7. The second-order valence-corrected chi connectivity index (χ2v) is 18.5. The van der Waals surface area contributed by atoms with Crippen molar-refractivity contribution in [2.24, 2.45) is 16.2 Å². The van der Waals surface area contributed by atoms with Crippen molar-refractivity contribution in [1.29, 1.82) is 0 Å². The smallest absolute Gasteiger partial charge is 0.200 e. The molecule has 278 valence electrons. The fourth-order valence-corrected chi connectivity index (χ4v) is 6.89. The fraction of sp³-hybridized carbons (Fsp3) is 0.488. The zero-order chi connectivity index (χ0) is 38.6. The van der Waals surface area contributed by atoms with Crippen LogP contribution in [0.15, 0.2) is 62.9 Å². The Bertz CT molecular complexity index is 2100. The number of hydrogen-bond acceptors (Lipinski definition) is 9. The van der Waals surface area contributed by atoms with Gasteiger partial charge in [0.2, 0.25) is 0 Å². The van der Waals surface area contributed by atoms with Crippen LogP contribution in [0.4, 0.5) is 0 Å². The molecule has 2 aliphatic heterocycles. The van der Waals surface area contributed by atoms with Gasteiger partial charge in [0.05, 0.1) is 11.1 Å². The number of carbonyl (C=O) groups excluding carboxylic acids is 1. The van der Waals surface area contributed by atoms with Crippen molar-refractivity contribution < 1.29 is 38.7 Å². The van der Waals surface area contributed by atoms with Gasteiger partial charge in [-0.15, -0.1) is 0 Å². The van der Waals surface area contributed by atoms with Crippen molar-refractivity contribution in [3.63, 3.8) is 0 Å². The molecule has 1 aromatic heterocycles. The predicted molar refractivity (Wildman–Crippen MR) is 202 cm³/mol. The van der Waals surface area contributed by atoms with Crippen molar-refractivity contribution in [1.82, 2.24) is 0 Å². The van der Waals surface area contributed by atoms with Crippen molar-refractivity contribution in [2.45, 2.75) is 119 Å². The standard InChI is InChI=1S/C43H52O9/c1-38(2,3)27-21-43(40(7,8)9,22-28(35(27)47)39(4,5)6)52-51-42(12,13)32-19-26-34(46)33-29(45)20-31-25(16-17-41(10,11)50-31)37(33)49-36(26)24-15-14-23(44)18-30(24)48-32/h14-18,20-22,32,44-45H,19H2,1-13H3. The van der Waals surface area contributed by atoms with Gasteiger partial charge in [-0.25, -0.2) is 9.78 Å². The lowest BCUT2D eigenvalue weighted by atomic mass is 9.64. The molecule has 3 aromatic rings. The van der Waals surface area contributed by atoms with Gasteiger partial charge in [-0.3, -0.25) is 9.59 Å². The molecule has 1 atom stereocenters. The van der Waals surface area contributed by atoms with E-state index < -0.39 is 44.6 Å². The number of Topliss-reactive ketones (excluding diaryl/α,β-unsaturated/α-hetero) is 1. The number of benzene rings is 2. The first kappa shape index (κ1) is 37.4. The molecule has 3 heterocycles. The number of hydrogen-bond donors (Lipinski definition) is 2. The normalized spacial score (nSPS) is 19.8. The Balaban J connectivity index is 1.48. The topological polar surface area (TPSA) is 125 Å². The van der Waals surface area contributed by atoms with E-state index in [-0.39, 0.29) is 51.7 Å². The van der Waals surface area contributed by atoms with Crippen molar-refractivity contribution >= 4 is 22.8 Å². The molecule has 9 nitrogen and oxygen atoms in total. The highest BCUT2D eigenvalue weighted by Crippen LogP contribution is 2.49. The lowest BCUT2D eigenvalue weighted by Crippen LogP contribution is -2.51. The molecule has 52 heavy (non-hydrogen) atoms. The Hall–Kier alpha value is -4.34. The first-order chi connectivity index (χ1) is 23.7. The van der Waals surface area contributed by atoms with E-state index in [4.69, 9.17) is 23.7 Å². The van der Waals surface area contributed by atoms with E-state index in [0.29, 0.717) is 28.0 Å². The molecule has 0 saturated heterocycles. The van der Waals surface area contributed by atoms with Crippen LogP contribution >= 0.6 is 0 Å². The van der Waals surface area contributed by atoms with Gasteiger partial charge >= 0.3 is 0 Å². The molecule has 0 amide bonds. The Morgan fingerprint density at radius 3 is 2.04 bits per heavy atom. The van der Waals surface area contributed by atoms with E-state index in [1.807, 2.05) is 100 Å². The number of ether oxygens (including phenoxy) is 2. The minimum atomic E-state index is -1.23. The van der Waals surface area contributed by atoms with Gasteiger partial charge in [-0.1, -0.05) is 62.3 Å². The minimum absolute atomic E-state index is 0.0163. The van der Waals surface area contributed by atoms with Crippen LogP contribution in [0.25, 0.3) is 28.4 Å². The van der Waals surface area contributed by atoms with Crippen LogP contribution < -0.4 is 14.9 Å². The molecule has 9 heteroatoms. The summed E-state index contributed by atoms with van der Waals surface area (Å²) in [4.78, 5) is 41.4. The molecular weight excluding hydrogens is 660 g/mol. The summed E-state index contributed by atoms with van der Waals surface area (Å²) in [6, 6.07) is 6.06. The number of phenolic OH excluding ortho intramolecular Hbond substituents is 2. The Kier molecular flexibility index (Phi) is 8.52. The molecule has 6 rings (SSSR count). The average molecular weight is 713 g/mol. The monoisotopic (exact) mass is 712 g/mol. The first-order valence-electron chi connectivity index (χ1n) is 17.9. The summed E-state index contributed by atoms with van der Waals surface area (Å²) in [7, 11) is 0. The number of rotatable bonds is 4. The Morgan fingerprint density at radius 1 is 0.846 bits per heavy atom. The second kappa shape index (κ2) is 11.8. The summed E-state index contributed by atoms with van der Waals surface area (Å²) in [5, 5.41) is 21.8. The molecule has 1 aliphatic carbocycles. The van der Waals surface area contributed by atoms with Gasteiger partial charge in [0.25, 0.3) is 0 Å². The number of fused-ring (bicyclic) bond motifs is 6. The second-order valence-electron chi connectivity index (χ2n) is 18.5. The molecule has 2 N–H and O–H groups in total. The minimum Gasteiger partial charge on any atom is -0.508 e. The molecule has 1 unspecified atom stereocenters. The third kappa shape index (κ3) is 6.36. The molecule has 0 radical (unpaired) electrons. The summed E-state index contributed by atoms with van der Waals surface area (Å²) in [5.41, 5.74) is -2.23. The summed E-state index contributed by atoms with van der Waals surface area (Å²) >= 11 is 0. The Labute approximate surface area is 305 Å². The van der Waals surface area contributed by atoms with E-state index in [2.05, 4.69) is 0 Å². The summed E-state index contributed by atoms with van der Waals surface area (Å²) in [6.07, 6.45) is 6.65. The highest BCUT2D eigenvalue weighted by atomic mass is 17.2. The van der Waals surface area contributed by atoms with E-state index in [1.54, 1.807) is 19.9 Å². The van der Waals surface area contributed by atoms with Gasteiger partial charge in [-0.2, -0.15) is 0 Å². The largest absolute Gasteiger partial charge is 0.508 e. The molecule has 0 bridgehead atoms. The van der Waals surface area contributed by atoms with Crippen LogP contribution in [-0.4, -0.2) is 38.9 Å². The van der Waals surface area contributed by atoms with Gasteiger partial charge < -0.3 is 24.1 Å². The third-order valence-electron chi connectivity index (χ3n) is 10.3. The molecule has 0 fully saturated rings. The molecule has 0 saturated carbocycles. The number of ketones is 1. The van der Waals surface area contributed by atoms with E-state index >= 15 is 0 Å². The van der Waals surface area contributed by atoms with E-state index in [0.717, 1.165) is 0 Å². The third-order valence-corrected chi connectivity index (χ3v) is 10.3. The molecule has 3 aliphatic rings. The van der Waals surface area contributed by atoms with Gasteiger partial charge in [-0.05, 0) is 75.0 Å². The van der Waals surface area contributed by atoms with Gasteiger partial charge in [0, 0.05) is 40.7 Å². The van der Waals surface area contributed by atoms with Gasteiger partial charge in [0.1, 0.15) is 57.1 Å². The lowest BCUT2D eigenvalue weighted by Gasteiger charge is -2.46. The zero-order valence-corrected chi connectivity index (χ0v) is 32.7. The maximum atomic E-state index is 14.5. The summed E-state index contributed by atoms with van der Waals surface area (Å²) in [5.74, 6) is 0.618. The van der Waals surface area contributed by atoms with Crippen LogP contribution in [0.3, 0.4) is 0 Å². The highest BCUT2D eigenvalue weighted by Gasteiger charge is 2.50. The van der Waals surface area contributed by atoms with Crippen molar-refractivity contribution in [3.8, 4) is 34.3 Å². The van der Waals surface area contributed by atoms with Crippen LogP contribution in [0, 0.1) is 16.2 Å². The van der Waals surface area contributed by atoms with E-state index in [9.17, 15) is 19.8 Å². The quantitative estimate of drug-likeness (QED) is 0.201. The lowest BCUT2D eigenvalue weighted by molar-refractivity contribution is -0.412. The Morgan fingerprint density at radius 2 is 1.46 bits per heavy atom. The highest BCUT2D eigenvalue weighted by molar-refractivity contribution is 6.11. The first-order valence-corrected chi connectivity index (χ1v) is 17.9. The maximum absolute atomic E-state index is 14.5. The fourth-order valence-electron chi connectivity index (χ4n) is 6.89. The van der Waals surface area contributed by atoms with Crippen LogP contribution in [0.5, 0.6) is 23.0 Å². The molecule has 2 aromatic carbocycles. The number of aromatic hydroxyl groups is 2. The van der Waals surface area contributed by atoms with Gasteiger partial charge in [0.15, 0.2) is 16.8 Å². The average Bonchev–Trinajstić information content (AvgIpc) is 3.15. The van der Waals surface area contributed by atoms with Crippen LogP contribution in [0.2, 0.25) is 0 Å². The summed E-state index contributed by atoms with van der Waals surface area (Å²) < 4.78 is 19.3. The molecule has 0 spiro atoms. The maximum Gasteiger partial charge on any atom is 0.200 e. The predicted octanol–water partition coefficient (Wildman–Crippen LogP) is 9.40. The van der Waals surface area contributed by atoms with Crippen molar-refractivity contribution in [2.75, 3.05) is 0 Å². The van der Waals surface area contributed by atoms with Crippen LogP contribution in [0.1, 0.15) is 101 Å². The number of carbonyl (C=O) groups is 1. The number of allylic oxidation sites excluding steroid dienone is 2. The van der Waals surface area contributed by atoms with Crippen molar-refractivity contribution in [3.05, 3.63) is 75.0 Å². The number of phenols is 2. The molecular formula is C43H52O9. The summed E-state index contributed by atoms with van der Waals surface area (Å²) in [6.45, 7) is 25.6. The SMILES string of the molecule is CC1(C)C=Cc2c(cc(O)c3c(=O)c4c(oc23)-c2ccc(O)cc2OC(C(C)(C)OOC2(C(C)(C)C)C=C(C(C)(C)C)C(=O)C(C(C)(C)C)=C2)C4)O1.